The van der Waals surface area contributed by atoms with E-state index in [1.807, 2.05) is 12.3 Å². The summed E-state index contributed by atoms with van der Waals surface area (Å²) in [4.78, 5) is 4.46. The fraction of sp³-hybridized carbons (Fsp3) is 0.500. The summed E-state index contributed by atoms with van der Waals surface area (Å²) in [5, 5.41) is 1.22. The highest BCUT2D eigenvalue weighted by Gasteiger charge is 2.32. The molecule has 2 aromatic rings. The molecule has 1 aliphatic carbocycles. The first-order valence-electron chi connectivity index (χ1n) is 7.90. The summed E-state index contributed by atoms with van der Waals surface area (Å²) in [6.07, 6.45) is 6.87. The molecule has 3 nitrogen and oxygen atoms in total. The normalized spacial score (nSPS) is 20.5. The van der Waals surface area contributed by atoms with Gasteiger partial charge >= 0.3 is 0 Å². The van der Waals surface area contributed by atoms with E-state index in [4.69, 9.17) is 5.84 Å². The van der Waals surface area contributed by atoms with Gasteiger partial charge < -0.3 is 0 Å². The number of hydrogen-bond donors (Lipinski definition) is 2. The Balaban J connectivity index is 1.92. The molecule has 3 rings (SSSR count). The number of hydrazine groups is 1. The number of aromatic nitrogens is 1. The van der Waals surface area contributed by atoms with Crippen LogP contribution < -0.4 is 11.3 Å². The Morgan fingerprint density at radius 2 is 1.95 bits per heavy atom. The third-order valence-corrected chi connectivity index (χ3v) is 5.05. The maximum atomic E-state index is 5.92. The van der Waals surface area contributed by atoms with Crippen molar-refractivity contribution >= 4 is 10.9 Å². The molecule has 0 spiro atoms. The van der Waals surface area contributed by atoms with Crippen LogP contribution in [0.2, 0.25) is 0 Å². The Morgan fingerprint density at radius 1 is 1.19 bits per heavy atom. The number of hydrogen-bond acceptors (Lipinski definition) is 3. The first kappa shape index (κ1) is 14.5. The van der Waals surface area contributed by atoms with Gasteiger partial charge in [-0.1, -0.05) is 32.0 Å². The van der Waals surface area contributed by atoms with E-state index in [-0.39, 0.29) is 6.04 Å². The Kier molecular flexibility index (Phi) is 3.96. The van der Waals surface area contributed by atoms with Crippen molar-refractivity contribution in [1.29, 1.82) is 0 Å². The molecule has 1 atom stereocenters. The van der Waals surface area contributed by atoms with Gasteiger partial charge in [0.05, 0.1) is 5.52 Å². The molecule has 0 bridgehead atoms. The standard InChI is InChI=1S/C18H25N3/c1-18(2)10-8-13(9-11-18)17(21-19)15-5-3-7-16-14(15)6-4-12-20-16/h3-7,12-13,17,21H,8-11,19H2,1-2H3. The van der Waals surface area contributed by atoms with Gasteiger partial charge in [0.25, 0.3) is 0 Å². The Labute approximate surface area is 126 Å². The number of pyridine rings is 1. The smallest absolute Gasteiger partial charge is 0.0705 e. The monoisotopic (exact) mass is 283 g/mol. The number of nitrogens with one attached hydrogen (secondary N) is 1. The van der Waals surface area contributed by atoms with Crippen LogP contribution in [-0.4, -0.2) is 4.98 Å². The molecule has 1 unspecified atom stereocenters. The molecule has 3 N–H and O–H groups in total. The van der Waals surface area contributed by atoms with Crippen molar-refractivity contribution in [3.05, 3.63) is 42.1 Å². The summed E-state index contributed by atoms with van der Waals surface area (Å²) in [7, 11) is 0. The lowest BCUT2D eigenvalue weighted by Crippen LogP contribution is -2.36. The predicted molar refractivity (Wildman–Crippen MR) is 87.5 cm³/mol. The van der Waals surface area contributed by atoms with Crippen molar-refractivity contribution in [2.75, 3.05) is 0 Å². The zero-order valence-corrected chi connectivity index (χ0v) is 13.0. The van der Waals surface area contributed by atoms with Crippen molar-refractivity contribution in [3.8, 4) is 0 Å². The lowest BCUT2D eigenvalue weighted by Gasteiger charge is -2.38. The van der Waals surface area contributed by atoms with E-state index in [0.29, 0.717) is 11.3 Å². The third kappa shape index (κ3) is 2.94. The molecule has 1 saturated carbocycles. The lowest BCUT2D eigenvalue weighted by molar-refractivity contribution is 0.162. The van der Waals surface area contributed by atoms with E-state index in [9.17, 15) is 0 Å². The average molecular weight is 283 g/mol. The molecular weight excluding hydrogens is 258 g/mol. The van der Waals surface area contributed by atoms with Gasteiger partial charge in [-0.3, -0.25) is 16.3 Å². The van der Waals surface area contributed by atoms with E-state index in [1.54, 1.807) is 0 Å². The van der Waals surface area contributed by atoms with Crippen LogP contribution >= 0.6 is 0 Å². The van der Waals surface area contributed by atoms with Gasteiger partial charge in [0, 0.05) is 17.6 Å². The molecule has 21 heavy (non-hydrogen) atoms. The molecule has 1 heterocycles. The van der Waals surface area contributed by atoms with E-state index in [1.165, 1.54) is 36.6 Å². The molecule has 0 aliphatic heterocycles. The van der Waals surface area contributed by atoms with Crippen LogP contribution in [0.25, 0.3) is 10.9 Å². The minimum absolute atomic E-state index is 0.217. The summed E-state index contributed by atoms with van der Waals surface area (Å²) in [5.41, 5.74) is 5.89. The topological polar surface area (TPSA) is 50.9 Å². The van der Waals surface area contributed by atoms with E-state index in [0.717, 1.165) is 5.52 Å². The SMILES string of the molecule is CC1(C)CCC(C(NN)c2cccc3ncccc23)CC1. The molecule has 1 fully saturated rings. The molecule has 0 radical (unpaired) electrons. The van der Waals surface area contributed by atoms with E-state index >= 15 is 0 Å². The van der Waals surface area contributed by atoms with Crippen LogP contribution in [0, 0.1) is 11.3 Å². The third-order valence-electron chi connectivity index (χ3n) is 5.05. The first-order chi connectivity index (χ1) is 10.1. The molecular formula is C18H25N3. The fourth-order valence-electron chi connectivity index (χ4n) is 3.63. The Bertz CT molecular complexity index is 605. The average Bonchev–Trinajstić information content (AvgIpc) is 2.50. The zero-order chi connectivity index (χ0) is 14.9. The number of rotatable bonds is 3. The largest absolute Gasteiger partial charge is 0.271 e. The minimum atomic E-state index is 0.217. The van der Waals surface area contributed by atoms with Crippen LogP contribution in [0.1, 0.15) is 51.1 Å². The summed E-state index contributed by atoms with van der Waals surface area (Å²) in [6, 6.07) is 10.7. The minimum Gasteiger partial charge on any atom is -0.271 e. The van der Waals surface area contributed by atoms with Crippen molar-refractivity contribution in [2.24, 2.45) is 17.2 Å². The van der Waals surface area contributed by atoms with Crippen LogP contribution in [0.4, 0.5) is 0 Å². The van der Waals surface area contributed by atoms with Crippen molar-refractivity contribution in [2.45, 2.75) is 45.6 Å². The Morgan fingerprint density at radius 3 is 2.67 bits per heavy atom. The molecule has 3 heteroatoms. The summed E-state index contributed by atoms with van der Waals surface area (Å²) >= 11 is 0. The second-order valence-electron chi connectivity index (χ2n) is 7.06. The summed E-state index contributed by atoms with van der Waals surface area (Å²) < 4.78 is 0. The molecule has 0 saturated heterocycles. The van der Waals surface area contributed by atoms with Crippen molar-refractivity contribution in [3.63, 3.8) is 0 Å². The van der Waals surface area contributed by atoms with Gasteiger partial charge in [-0.25, -0.2) is 0 Å². The second kappa shape index (κ2) is 5.74. The van der Waals surface area contributed by atoms with Crippen LogP contribution in [0.15, 0.2) is 36.5 Å². The highest BCUT2D eigenvalue weighted by Crippen LogP contribution is 2.43. The van der Waals surface area contributed by atoms with Gasteiger partial charge in [-0.05, 0) is 54.7 Å². The Hall–Kier alpha value is -1.45. The second-order valence-corrected chi connectivity index (χ2v) is 7.06. The van der Waals surface area contributed by atoms with E-state index < -0.39 is 0 Å². The maximum Gasteiger partial charge on any atom is 0.0705 e. The van der Waals surface area contributed by atoms with Crippen molar-refractivity contribution < 1.29 is 0 Å². The molecule has 1 aromatic heterocycles. The molecule has 1 aliphatic rings. The van der Waals surface area contributed by atoms with Crippen LogP contribution in [0.5, 0.6) is 0 Å². The van der Waals surface area contributed by atoms with Crippen LogP contribution in [0.3, 0.4) is 0 Å². The van der Waals surface area contributed by atoms with Gasteiger partial charge in [0.15, 0.2) is 0 Å². The molecule has 112 valence electrons. The highest BCUT2D eigenvalue weighted by atomic mass is 15.2. The quantitative estimate of drug-likeness (QED) is 0.662. The number of fused-ring (bicyclic) bond motifs is 1. The lowest BCUT2D eigenvalue weighted by atomic mass is 9.70. The molecule has 1 aromatic carbocycles. The van der Waals surface area contributed by atoms with Gasteiger partial charge in [-0.2, -0.15) is 0 Å². The predicted octanol–water partition coefficient (Wildman–Crippen LogP) is 3.96. The van der Waals surface area contributed by atoms with Gasteiger partial charge in [0.2, 0.25) is 0 Å². The molecule has 0 amide bonds. The first-order valence-corrected chi connectivity index (χ1v) is 7.90. The number of nitrogens with two attached hydrogens (primary N) is 1. The zero-order valence-electron chi connectivity index (χ0n) is 13.0. The van der Waals surface area contributed by atoms with Gasteiger partial charge in [0.1, 0.15) is 0 Å². The highest BCUT2D eigenvalue weighted by molar-refractivity contribution is 5.82. The van der Waals surface area contributed by atoms with Crippen LogP contribution in [-0.2, 0) is 0 Å². The number of nitrogens with zero attached hydrogens (tertiary/aromatic N) is 1. The summed E-state index contributed by atoms with van der Waals surface area (Å²) in [5.74, 6) is 6.53. The summed E-state index contributed by atoms with van der Waals surface area (Å²) in [6.45, 7) is 4.74. The maximum absolute atomic E-state index is 5.92. The van der Waals surface area contributed by atoms with E-state index in [2.05, 4.69) is 48.5 Å². The van der Waals surface area contributed by atoms with Gasteiger partial charge in [-0.15, -0.1) is 0 Å². The van der Waals surface area contributed by atoms with Crippen molar-refractivity contribution in [1.82, 2.24) is 10.4 Å². The number of benzene rings is 1. The fourth-order valence-corrected chi connectivity index (χ4v) is 3.63.